The van der Waals surface area contributed by atoms with Crippen LogP contribution in [0.2, 0.25) is 0 Å². The highest BCUT2D eigenvalue weighted by atomic mass is 16.7. The van der Waals surface area contributed by atoms with E-state index in [-0.39, 0.29) is 13.0 Å². The number of hydrogen-bond acceptors (Lipinski definition) is 5. The first kappa shape index (κ1) is 14.0. The van der Waals surface area contributed by atoms with E-state index < -0.39 is 5.97 Å². The van der Waals surface area contributed by atoms with Crippen LogP contribution in [0.3, 0.4) is 0 Å². The lowest BCUT2D eigenvalue weighted by Crippen LogP contribution is -2.26. The highest BCUT2D eigenvalue weighted by molar-refractivity contribution is 5.69. The second-order valence-electron chi connectivity index (χ2n) is 4.08. The molecule has 0 aromatic heterocycles. The summed E-state index contributed by atoms with van der Waals surface area (Å²) in [6.45, 7) is 0.241. The summed E-state index contributed by atoms with van der Waals surface area (Å²) in [5, 5.41) is 0. The second-order valence-corrected chi connectivity index (χ2v) is 4.08. The largest absolute Gasteiger partial charge is 0.493 e. The van der Waals surface area contributed by atoms with Gasteiger partial charge in [0, 0.05) is 0 Å². The Kier molecular flexibility index (Phi) is 5.11. The van der Waals surface area contributed by atoms with Crippen LogP contribution in [0.15, 0.2) is 54.6 Å². The van der Waals surface area contributed by atoms with Gasteiger partial charge in [0.15, 0.2) is 0 Å². The van der Waals surface area contributed by atoms with Crippen molar-refractivity contribution in [3.8, 4) is 16.9 Å². The molecule has 0 aliphatic heterocycles. The number of rotatable bonds is 6. The Morgan fingerprint density at radius 2 is 1.65 bits per heavy atom. The summed E-state index contributed by atoms with van der Waals surface area (Å²) in [7, 11) is 0. The van der Waals surface area contributed by atoms with E-state index in [2.05, 4.69) is 4.84 Å². The van der Waals surface area contributed by atoms with E-state index in [9.17, 15) is 4.79 Å². The summed E-state index contributed by atoms with van der Waals surface area (Å²) in [6, 6.07) is 17.8. The molecule has 3 N–H and O–H groups in total. The third kappa shape index (κ3) is 4.08. The number of carbonyl (C=O) groups excluding carboxylic acids is 1. The average molecular weight is 272 g/mol. The van der Waals surface area contributed by atoms with Gasteiger partial charge >= 0.3 is 5.97 Å². The molecule has 20 heavy (non-hydrogen) atoms. The molecule has 5 nitrogen and oxygen atoms in total. The molecule has 0 unspecified atom stereocenters. The minimum Gasteiger partial charge on any atom is -0.493 e. The molecule has 0 aliphatic carbocycles. The Labute approximate surface area is 117 Å². The summed E-state index contributed by atoms with van der Waals surface area (Å²) >= 11 is 0. The van der Waals surface area contributed by atoms with Crippen molar-refractivity contribution in [3.63, 3.8) is 0 Å². The first-order valence-electron chi connectivity index (χ1n) is 6.23. The average Bonchev–Trinajstić information content (AvgIpc) is 2.49. The van der Waals surface area contributed by atoms with Gasteiger partial charge < -0.3 is 9.57 Å². The van der Waals surface area contributed by atoms with Gasteiger partial charge in [-0.15, -0.1) is 0 Å². The highest BCUT2D eigenvalue weighted by Crippen LogP contribution is 2.22. The van der Waals surface area contributed by atoms with Crippen molar-refractivity contribution in [1.82, 2.24) is 5.59 Å². The number of carbonyl (C=O) groups is 1. The first-order chi connectivity index (χ1) is 9.79. The Balaban J connectivity index is 1.88. The molecule has 0 aliphatic rings. The maximum atomic E-state index is 11.0. The number of ether oxygens (including phenoxy) is 1. The van der Waals surface area contributed by atoms with E-state index in [4.69, 9.17) is 10.6 Å². The first-order valence-corrected chi connectivity index (χ1v) is 6.23. The van der Waals surface area contributed by atoms with E-state index >= 15 is 0 Å². The fourth-order valence-corrected chi connectivity index (χ4v) is 1.74. The third-order valence-electron chi connectivity index (χ3n) is 2.71. The van der Waals surface area contributed by atoms with Crippen LogP contribution in [-0.2, 0) is 9.63 Å². The van der Waals surface area contributed by atoms with Crippen molar-refractivity contribution >= 4 is 5.97 Å². The number of hydrazine groups is 1. The Hall–Kier alpha value is -2.37. The Morgan fingerprint density at radius 1 is 1.00 bits per heavy atom. The number of nitrogens with two attached hydrogens (primary N) is 1. The molecular formula is C15H16N2O3. The smallest absolute Gasteiger partial charge is 0.329 e. The minimum absolute atomic E-state index is 0.130. The van der Waals surface area contributed by atoms with Gasteiger partial charge in [-0.05, 0) is 23.3 Å². The Bertz CT molecular complexity index is 541. The maximum Gasteiger partial charge on any atom is 0.329 e. The predicted octanol–water partition coefficient (Wildman–Crippen LogP) is 2.04. The molecule has 0 saturated heterocycles. The van der Waals surface area contributed by atoms with E-state index in [1.807, 2.05) is 60.2 Å². The van der Waals surface area contributed by atoms with Crippen molar-refractivity contribution in [2.45, 2.75) is 6.42 Å². The summed E-state index contributed by atoms with van der Waals surface area (Å²) in [6.07, 6.45) is 0.130. The molecule has 0 amide bonds. The lowest BCUT2D eigenvalue weighted by molar-refractivity contribution is -0.151. The Morgan fingerprint density at radius 3 is 2.30 bits per heavy atom. The molecule has 5 heteroatoms. The molecule has 0 bridgehead atoms. The zero-order chi connectivity index (χ0) is 14.2. The molecule has 0 spiro atoms. The van der Waals surface area contributed by atoms with Crippen LogP contribution in [0.4, 0.5) is 0 Å². The van der Waals surface area contributed by atoms with Crippen LogP contribution in [0.5, 0.6) is 5.75 Å². The monoisotopic (exact) mass is 272 g/mol. The molecule has 0 saturated carbocycles. The van der Waals surface area contributed by atoms with Gasteiger partial charge in [0.2, 0.25) is 0 Å². The highest BCUT2D eigenvalue weighted by Gasteiger charge is 2.03. The van der Waals surface area contributed by atoms with Gasteiger partial charge in [-0.2, -0.15) is 0 Å². The van der Waals surface area contributed by atoms with Crippen molar-refractivity contribution < 1.29 is 14.4 Å². The van der Waals surface area contributed by atoms with E-state index in [1.54, 1.807) is 0 Å². The van der Waals surface area contributed by atoms with E-state index in [1.165, 1.54) is 0 Å². The zero-order valence-corrected chi connectivity index (χ0v) is 10.9. The molecule has 0 fully saturated rings. The SMILES string of the molecule is NNOC(=O)CCOc1ccc(-c2ccccc2)cc1. The molecule has 0 heterocycles. The molecule has 0 radical (unpaired) electrons. The number of nitrogens with one attached hydrogen (secondary N) is 1. The molecule has 2 aromatic carbocycles. The van der Waals surface area contributed by atoms with Crippen LogP contribution in [0.25, 0.3) is 11.1 Å². The van der Waals surface area contributed by atoms with Crippen LogP contribution in [0.1, 0.15) is 6.42 Å². The van der Waals surface area contributed by atoms with Crippen LogP contribution in [0, 0.1) is 0 Å². The lowest BCUT2D eigenvalue weighted by Gasteiger charge is -2.07. The van der Waals surface area contributed by atoms with Crippen LogP contribution >= 0.6 is 0 Å². The van der Waals surface area contributed by atoms with Crippen molar-refractivity contribution in [1.29, 1.82) is 0 Å². The molecule has 2 rings (SSSR count). The maximum absolute atomic E-state index is 11.0. The van der Waals surface area contributed by atoms with Gasteiger partial charge in [-0.3, -0.25) is 4.79 Å². The van der Waals surface area contributed by atoms with Crippen molar-refractivity contribution in [2.75, 3.05) is 6.61 Å². The van der Waals surface area contributed by atoms with Crippen molar-refractivity contribution in [3.05, 3.63) is 54.6 Å². The summed E-state index contributed by atoms with van der Waals surface area (Å²) in [5.74, 6) is 5.09. The van der Waals surface area contributed by atoms with Crippen LogP contribution < -0.4 is 16.2 Å². The molecule has 104 valence electrons. The van der Waals surface area contributed by atoms with Gasteiger partial charge in [-0.1, -0.05) is 48.1 Å². The summed E-state index contributed by atoms with van der Waals surface area (Å²) in [4.78, 5) is 15.4. The predicted molar refractivity (Wildman–Crippen MR) is 75.4 cm³/mol. The molecule has 2 aromatic rings. The standard InChI is InChI=1S/C15H16N2O3/c16-17-20-15(18)10-11-19-14-8-6-13(7-9-14)12-4-2-1-3-5-12/h1-9,17H,10-11,16H2. The lowest BCUT2D eigenvalue weighted by atomic mass is 10.1. The van der Waals surface area contributed by atoms with E-state index in [0.717, 1.165) is 11.1 Å². The topological polar surface area (TPSA) is 73.6 Å². The van der Waals surface area contributed by atoms with Crippen molar-refractivity contribution in [2.24, 2.45) is 5.84 Å². The second kappa shape index (κ2) is 7.28. The van der Waals surface area contributed by atoms with Crippen LogP contribution in [-0.4, -0.2) is 12.6 Å². The number of benzene rings is 2. The number of hydrogen-bond donors (Lipinski definition) is 2. The molecule has 0 atom stereocenters. The van der Waals surface area contributed by atoms with Gasteiger partial charge in [0.05, 0.1) is 13.0 Å². The fourth-order valence-electron chi connectivity index (χ4n) is 1.74. The van der Waals surface area contributed by atoms with Gasteiger partial charge in [0.1, 0.15) is 5.75 Å². The summed E-state index contributed by atoms with van der Waals surface area (Å²) < 4.78 is 5.44. The normalized spacial score (nSPS) is 10.1. The zero-order valence-electron chi connectivity index (χ0n) is 10.9. The third-order valence-corrected chi connectivity index (χ3v) is 2.71. The van der Waals surface area contributed by atoms with E-state index in [0.29, 0.717) is 5.75 Å². The van der Waals surface area contributed by atoms with Gasteiger partial charge in [0.25, 0.3) is 0 Å². The minimum atomic E-state index is -0.464. The fraction of sp³-hybridized carbons (Fsp3) is 0.133. The quantitative estimate of drug-likeness (QED) is 0.622. The molecular weight excluding hydrogens is 256 g/mol. The van der Waals surface area contributed by atoms with Gasteiger partial charge in [-0.25, -0.2) is 5.84 Å². The summed E-state index contributed by atoms with van der Waals surface area (Å²) in [5.41, 5.74) is 4.10.